The number of hydrogen-bond acceptors (Lipinski definition) is 8. The molecule has 2 fully saturated rings. The number of aliphatic hydroxyl groups excluding tert-OH is 1. The Kier molecular flexibility index (Phi) is 5.85. The fraction of sp³-hybridized carbons (Fsp3) is 0.619. The van der Waals surface area contributed by atoms with Gasteiger partial charge < -0.3 is 29.2 Å². The third-order valence-corrected chi connectivity index (χ3v) is 6.77. The van der Waals surface area contributed by atoms with Crippen LogP contribution in [0.5, 0.6) is 17.2 Å². The largest absolute Gasteiger partial charge is 0.492 e. The molecule has 4 aliphatic rings. The average Bonchev–Trinajstić information content (AvgIpc) is 3.30. The molecule has 33 heavy (non-hydrogen) atoms. The summed E-state index contributed by atoms with van der Waals surface area (Å²) in [6, 6.07) is 2.26. The first-order valence-electron chi connectivity index (χ1n) is 10.4. The number of alkyl halides is 3. The summed E-state index contributed by atoms with van der Waals surface area (Å²) in [7, 11) is 1.64. The quantitative estimate of drug-likeness (QED) is 0.620. The number of carboxylic acids is 1. The lowest BCUT2D eigenvalue weighted by atomic mass is 9.61. The molecule has 1 aromatic carbocycles. The Morgan fingerprint density at radius 3 is 2.58 bits per heavy atom. The van der Waals surface area contributed by atoms with Crippen LogP contribution in [0.25, 0.3) is 0 Å². The van der Waals surface area contributed by atoms with Gasteiger partial charge in [-0.15, -0.1) is 0 Å². The van der Waals surface area contributed by atoms with E-state index in [2.05, 4.69) is 4.90 Å². The van der Waals surface area contributed by atoms with Gasteiger partial charge in [0.15, 0.2) is 11.5 Å². The van der Waals surface area contributed by atoms with Gasteiger partial charge in [-0.2, -0.15) is 13.2 Å². The maximum Gasteiger partial charge on any atom is 0.490 e. The number of carbonyl (C=O) groups is 2. The van der Waals surface area contributed by atoms with Crippen molar-refractivity contribution in [3.63, 3.8) is 0 Å². The van der Waals surface area contributed by atoms with E-state index in [0.717, 1.165) is 37.1 Å². The summed E-state index contributed by atoms with van der Waals surface area (Å²) in [5.41, 5.74) is 1.68. The van der Waals surface area contributed by atoms with Gasteiger partial charge in [-0.1, -0.05) is 0 Å². The number of ether oxygens (including phenoxy) is 4. The van der Waals surface area contributed by atoms with Crippen LogP contribution in [0, 0.1) is 0 Å². The number of carboxylic acid groups (broad SMARTS) is 1. The summed E-state index contributed by atoms with van der Waals surface area (Å²) in [6.45, 7) is 3.25. The highest BCUT2D eigenvalue weighted by Crippen LogP contribution is 2.59. The molecule has 0 aromatic heterocycles. The molecule has 0 amide bonds. The van der Waals surface area contributed by atoms with Gasteiger partial charge in [0.2, 0.25) is 12.5 Å². The van der Waals surface area contributed by atoms with Crippen LogP contribution < -0.4 is 14.2 Å². The number of fused-ring (bicyclic) bond motifs is 2. The number of aliphatic carboxylic acids is 1. The van der Waals surface area contributed by atoms with Gasteiger partial charge >= 0.3 is 18.1 Å². The predicted molar refractivity (Wildman–Crippen MR) is 104 cm³/mol. The minimum absolute atomic E-state index is 0.171. The van der Waals surface area contributed by atoms with Crippen molar-refractivity contribution in [1.29, 1.82) is 0 Å². The molecule has 2 bridgehead atoms. The zero-order chi connectivity index (χ0) is 24.1. The van der Waals surface area contributed by atoms with Gasteiger partial charge in [0.1, 0.15) is 6.10 Å². The van der Waals surface area contributed by atoms with E-state index in [-0.39, 0.29) is 18.8 Å². The standard InChI is InChI=1S/C19H23NO6.C2HF3O2/c1-10(21)26-18-13(22)3-4-15-19(18)5-6-20(15)8-11-12(19)7-14-17(16(11)23-2)25-9-24-14;3-2(4,5)1(6)7/h7,13,15,18,22H,3-6,8-9H2,1-2H3;(H,6,7)/t13-,15+,18-,19-;/m0./s1. The van der Waals surface area contributed by atoms with Gasteiger partial charge in [0.25, 0.3) is 0 Å². The van der Waals surface area contributed by atoms with E-state index in [9.17, 15) is 23.1 Å². The second-order valence-corrected chi connectivity index (χ2v) is 8.42. The van der Waals surface area contributed by atoms with Gasteiger partial charge in [0, 0.05) is 25.1 Å². The molecule has 1 saturated carbocycles. The fourth-order valence-electron chi connectivity index (χ4n) is 5.63. The number of carbonyl (C=O) groups excluding carboxylic acids is 1. The molecule has 9 nitrogen and oxygen atoms in total. The van der Waals surface area contributed by atoms with Crippen LogP contribution in [0.3, 0.4) is 0 Å². The minimum atomic E-state index is -5.08. The molecule has 12 heteroatoms. The highest BCUT2D eigenvalue weighted by atomic mass is 19.4. The zero-order valence-electron chi connectivity index (χ0n) is 18.0. The van der Waals surface area contributed by atoms with Crippen LogP contribution in [0.4, 0.5) is 13.2 Å². The molecular weight excluding hydrogens is 451 g/mol. The molecule has 1 aliphatic carbocycles. The first-order valence-corrected chi connectivity index (χ1v) is 10.4. The molecule has 3 aliphatic heterocycles. The number of aliphatic hydroxyl groups is 1. The van der Waals surface area contributed by atoms with Crippen LogP contribution in [-0.2, 0) is 26.3 Å². The number of rotatable bonds is 2. The van der Waals surface area contributed by atoms with Crippen LogP contribution in [0.1, 0.15) is 37.3 Å². The normalized spacial score (nSPS) is 31.0. The lowest BCUT2D eigenvalue weighted by molar-refractivity contribution is -0.192. The molecule has 3 heterocycles. The maximum absolute atomic E-state index is 11.8. The molecule has 0 radical (unpaired) electrons. The summed E-state index contributed by atoms with van der Waals surface area (Å²) in [4.78, 5) is 23.1. The summed E-state index contributed by atoms with van der Waals surface area (Å²) in [5, 5.41) is 17.9. The van der Waals surface area contributed by atoms with Gasteiger partial charge in [-0.25, -0.2) is 4.79 Å². The Bertz CT molecular complexity index is 968. The van der Waals surface area contributed by atoms with Gasteiger partial charge in [0.05, 0.1) is 18.6 Å². The van der Waals surface area contributed by atoms with Crippen molar-refractivity contribution in [2.75, 3.05) is 20.4 Å². The fourth-order valence-corrected chi connectivity index (χ4v) is 5.63. The molecular formula is C21H24F3NO8. The molecule has 1 unspecified atom stereocenters. The van der Waals surface area contributed by atoms with Crippen molar-refractivity contribution in [2.45, 2.75) is 62.6 Å². The second kappa shape index (κ2) is 8.24. The highest BCUT2D eigenvalue weighted by molar-refractivity contribution is 5.73. The number of methoxy groups -OCH3 is 1. The summed E-state index contributed by atoms with van der Waals surface area (Å²) in [5.74, 6) is -1.12. The number of benzene rings is 1. The van der Waals surface area contributed by atoms with E-state index in [1.165, 1.54) is 6.92 Å². The molecule has 0 spiro atoms. The summed E-state index contributed by atoms with van der Waals surface area (Å²) in [6.07, 6.45) is -3.96. The van der Waals surface area contributed by atoms with E-state index < -0.39 is 29.8 Å². The number of halogens is 3. The zero-order valence-corrected chi connectivity index (χ0v) is 18.0. The van der Waals surface area contributed by atoms with E-state index in [1.807, 2.05) is 6.07 Å². The van der Waals surface area contributed by atoms with Gasteiger partial charge in [-0.05, 0) is 37.4 Å². The van der Waals surface area contributed by atoms with Crippen molar-refractivity contribution in [3.8, 4) is 17.2 Å². The molecule has 5 atom stereocenters. The maximum atomic E-state index is 11.8. The van der Waals surface area contributed by atoms with E-state index >= 15 is 0 Å². The van der Waals surface area contributed by atoms with E-state index in [4.69, 9.17) is 28.8 Å². The second-order valence-electron chi connectivity index (χ2n) is 8.42. The summed E-state index contributed by atoms with van der Waals surface area (Å²) >= 11 is 0. The molecule has 5 rings (SSSR count). The lowest BCUT2D eigenvalue weighted by Gasteiger charge is -2.52. The average molecular weight is 475 g/mol. The van der Waals surface area contributed by atoms with Crippen molar-refractivity contribution >= 4 is 11.9 Å². The molecule has 1 saturated heterocycles. The van der Waals surface area contributed by atoms with Crippen LogP contribution >= 0.6 is 0 Å². The first-order chi connectivity index (χ1) is 15.5. The van der Waals surface area contributed by atoms with Crippen LogP contribution in [0.2, 0.25) is 0 Å². The monoisotopic (exact) mass is 475 g/mol. The van der Waals surface area contributed by atoms with E-state index in [1.54, 1.807) is 7.11 Å². The molecule has 1 aromatic rings. The minimum Gasteiger partial charge on any atom is -0.492 e. The topological polar surface area (TPSA) is 115 Å². The SMILES string of the molecule is COc1c2c(cc3c1OCO3)[C@@]13CCN(C2)[C@@H]1CC[C@H](O)[C@@H]3OC(C)=O.O=C(O)C(F)(F)F. The first kappa shape index (κ1) is 23.4. The van der Waals surface area contributed by atoms with Crippen molar-refractivity contribution in [2.24, 2.45) is 0 Å². The van der Waals surface area contributed by atoms with Crippen molar-refractivity contribution in [1.82, 2.24) is 4.90 Å². The predicted octanol–water partition coefficient (Wildman–Crippen LogP) is 1.97. The van der Waals surface area contributed by atoms with Crippen molar-refractivity contribution < 1.29 is 51.9 Å². The highest BCUT2D eigenvalue weighted by Gasteiger charge is 2.62. The lowest BCUT2D eigenvalue weighted by Crippen LogP contribution is -2.61. The Labute approximate surface area is 187 Å². The Hall–Kier alpha value is -2.73. The number of hydrogen-bond donors (Lipinski definition) is 2. The van der Waals surface area contributed by atoms with E-state index in [0.29, 0.717) is 23.7 Å². The van der Waals surface area contributed by atoms with Crippen molar-refractivity contribution in [3.05, 3.63) is 17.2 Å². The smallest absolute Gasteiger partial charge is 0.490 e. The number of nitrogens with zero attached hydrogens (tertiary/aromatic N) is 1. The molecule has 182 valence electrons. The Balaban J connectivity index is 0.000000325. The third kappa shape index (κ3) is 3.74. The van der Waals surface area contributed by atoms with Crippen LogP contribution in [-0.4, -0.2) is 71.9 Å². The third-order valence-electron chi connectivity index (χ3n) is 6.77. The number of esters is 1. The molecule has 2 N–H and O–H groups in total. The van der Waals surface area contributed by atoms with Crippen LogP contribution in [0.15, 0.2) is 6.07 Å². The summed E-state index contributed by atoms with van der Waals surface area (Å²) < 4.78 is 54.4. The Morgan fingerprint density at radius 1 is 1.27 bits per heavy atom. The Morgan fingerprint density at radius 2 is 1.97 bits per heavy atom. The van der Waals surface area contributed by atoms with Gasteiger partial charge in [-0.3, -0.25) is 9.69 Å².